The second-order valence-corrected chi connectivity index (χ2v) is 5.33. The summed E-state index contributed by atoms with van der Waals surface area (Å²) < 4.78 is 13.9. The van der Waals surface area contributed by atoms with Crippen molar-refractivity contribution in [2.75, 3.05) is 0 Å². The summed E-state index contributed by atoms with van der Waals surface area (Å²) >= 11 is 1.18. The van der Waals surface area contributed by atoms with Gasteiger partial charge in [-0.05, 0) is 36.8 Å². The van der Waals surface area contributed by atoms with Gasteiger partial charge in [-0.15, -0.1) is 0 Å². The Bertz CT molecular complexity index is 629. The van der Waals surface area contributed by atoms with Crippen LogP contribution in [-0.4, -0.2) is 10.0 Å². The number of aliphatic hydroxyl groups excluding tert-OH is 1. The van der Waals surface area contributed by atoms with Gasteiger partial charge in [0.05, 0.1) is 11.0 Å². The van der Waals surface area contributed by atoms with Crippen LogP contribution in [0, 0.1) is 15.9 Å². The van der Waals surface area contributed by atoms with E-state index in [1.54, 1.807) is 31.2 Å². The lowest BCUT2D eigenvalue weighted by Crippen LogP contribution is -1.93. The predicted molar refractivity (Wildman–Crippen MR) is 74.3 cm³/mol. The van der Waals surface area contributed by atoms with Crippen molar-refractivity contribution < 1.29 is 14.4 Å². The van der Waals surface area contributed by atoms with Crippen LogP contribution >= 0.6 is 11.8 Å². The molecule has 0 fully saturated rings. The average Bonchev–Trinajstić information content (AvgIpc) is 2.41. The number of hydrogen-bond acceptors (Lipinski definition) is 4. The molecule has 1 atom stereocenters. The highest BCUT2D eigenvalue weighted by molar-refractivity contribution is 7.99. The largest absolute Gasteiger partial charge is 0.389 e. The van der Waals surface area contributed by atoms with Crippen LogP contribution in [0.3, 0.4) is 0 Å². The lowest BCUT2D eigenvalue weighted by molar-refractivity contribution is -0.384. The molecule has 0 aromatic heterocycles. The summed E-state index contributed by atoms with van der Waals surface area (Å²) in [6, 6.07) is 10.4. The normalized spacial score (nSPS) is 12.2. The van der Waals surface area contributed by atoms with E-state index in [1.165, 1.54) is 30.0 Å². The maximum atomic E-state index is 13.9. The molecule has 0 saturated heterocycles. The number of rotatable bonds is 4. The topological polar surface area (TPSA) is 63.4 Å². The number of halogens is 1. The third-order valence-electron chi connectivity index (χ3n) is 2.71. The molecule has 1 N–H and O–H groups in total. The second kappa shape index (κ2) is 6.02. The maximum absolute atomic E-state index is 13.9. The van der Waals surface area contributed by atoms with Crippen molar-refractivity contribution in [2.45, 2.75) is 22.8 Å². The Balaban J connectivity index is 2.19. The molecule has 1 unspecified atom stereocenters. The van der Waals surface area contributed by atoms with Crippen molar-refractivity contribution in [1.82, 2.24) is 0 Å². The summed E-state index contributed by atoms with van der Waals surface area (Å²) in [5.41, 5.74) is 0.509. The third-order valence-corrected chi connectivity index (χ3v) is 3.77. The fourth-order valence-electron chi connectivity index (χ4n) is 1.62. The molecule has 0 amide bonds. The van der Waals surface area contributed by atoms with E-state index in [-0.39, 0.29) is 5.69 Å². The summed E-state index contributed by atoms with van der Waals surface area (Å²) in [7, 11) is 0. The summed E-state index contributed by atoms with van der Waals surface area (Å²) in [5, 5.41) is 19.9. The van der Waals surface area contributed by atoms with Crippen molar-refractivity contribution in [1.29, 1.82) is 0 Å². The van der Waals surface area contributed by atoms with Gasteiger partial charge in [-0.3, -0.25) is 10.1 Å². The molecule has 0 spiro atoms. The Labute approximate surface area is 119 Å². The van der Waals surface area contributed by atoms with Gasteiger partial charge >= 0.3 is 0 Å². The van der Waals surface area contributed by atoms with Gasteiger partial charge in [-0.2, -0.15) is 0 Å². The second-order valence-electron chi connectivity index (χ2n) is 4.22. The van der Waals surface area contributed by atoms with Gasteiger partial charge in [0.15, 0.2) is 0 Å². The van der Waals surface area contributed by atoms with Gasteiger partial charge in [-0.1, -0.05) is 17.8 Å². The molecule has 2 aromatic carbocycles. The first-order valence-electron chi connectivity index (χ1n) is 5.87. The Morgan fingerprint density at radius 3 is 2.40 bits per heavy atom. The first-order valence-corrected chi connectivity index (χ1v) is 6.69. The van der Waals surface area contributed by atoms with E-state index in [0.717, 1.165) is 0 Å². The fraction of sp³-hybridized carbons (Fsp3) is 0.143. The minimum absolute atomic E-state index is 0.000671. The van der Waals surface area contributed by atoms with E-state index in [4.69, 9.17) is 0 Å². The molecule has 0 bridgehead atoms. The maximum Gasteiger partial charge on any atom is 0.269 e. The van der Waals surface area contributed by atoms with E-state index in [2.05, 4.69) is 0 Å². The number of nitro benzene ring substituents is 1. The van der Waals surface area contributed by atoms with Crippen molar-refractivity contribution in [3.8, 4) is 0 Å². The number of nitrogens with zero attached hydrogens (tertiary/aromatic N) is 1. The van der Waals surface area contributed by atoms with Crippen LogP contribution in [0.1, 0.15) is 18.6 Å². The van der Waals surface area contributed by atoms with E-state index >= 15 is 0 Å². The zero-order chi connectivity index (χ0) is 14.7. The summed E-state index contributed by atoms with van der Waals surface area (Å²) in [5.74, 6) is -0.424. The molecule has 0 saturated carbocycles. The van der Waals surface area contributed by atoms with Gasteiger partial charge in [0.2, 0.25) is 0 Å². The lowest BCUT2D eigenvalue weighted by atomic mass is 10.1. The molecule has 2 rings (SSSR count). The Kier molecular flexibility index (Phi) is 4.36. The van der Waals surface area contributed by atoms with E-state index in [0.29, 0.717) is 15.4 Å². The van der Waals surface area contributed by atoms with Crippen molar-refractivity contribution in [3.63, 3.8) is 0 Å². The smallest absolute Gasteiger partial charge is 0.269 e. The zero-order valence-corrected chi connectivity index (χ0v) is 11.4. The van der Waals surface area contributed by atoms with Gasteiger partial charge < -0.3 is 5.11 Å². The molecular weight excluding hydrogens is 281 g/mol. The summed E-state index contributed by atoms with van der Waals surface area (Å²) in [6.45, 7) is 1.57. The first-order chi connectivity index (χ1) is 9.47. The SMILES string of the molecule is CC(O)c1ccc(Sc2ccc([N+](=O)[O-])cc2)c(F)c1. The monoisotopic (exact) mass is 293 g/mol. The van der Waals surface area contributed by atoms with Gasteiger partial charge in [0.25, 0.3) is 5.69 Å². The highest BCUT2D eigenvalue weighted by atomic mass is 32.2. The fourth-order valence-corrected chi connectivity index (χ4v) is 2.44. The average molecular weight is 293 g/mol. The molecule has 0 aliphatic carbocycles. The lowest BCUT2D eigenvalue weighted by Gasteiger charge is -2.08. The molecule has 0 aliphatic heterocycles. The van der Waals surface area contributed by atoms with E-state index in [9.17, 15) is 19.6 Å². The van der Waals surface area contributed by atoms with Crippen molar-refractivity contribution >= 4 is 17.4 Å². The van der Waals surface area contributed by atoms with Crippen LogP contribution in [0.25, 0.3) is 0 Å². The van der Waals surface area contributed by atoms with Crippen LogP contribution in [0.5, 0.6) is 0 Å². The Morgan fingerprint density at radius 2 is 1.90 bits per heavy atom. The molecule has 4 nitrogen and oxygen atoms in total. The number of benzene rings is 2. The highest BCUT2D eigenvalue weighted by Crippen LogP contribution is 2.32. The molecule has 0 heterocycles. The van der Waals surface area contributed by atoms with Crippen molar-refractivity contribution in [2.24, 2.45) is 0 Å². The van der Waals surface area contributed by atoms with Crippen LogP contribution in [-0.2, 0) is 0 Å². The standard InChI is InChI=1S/C14H12FNO3S/c1-9(17)10-2-7-14(13(15)8-10)20-12-5-3-11(4-6-12)16(18)19/h2-9,17H,1H3. The summed E-state index contributed by atoms with van der Waals surface area (Å²) in [4.78, 5) is 11.2. The Morgan fingerprint density at radius 1 is 1.25 bits per heavy atom. The zero-order valence-electron chi connectivity index (χ0n) is 10.6. The van der Waals surface area contributed by atoms with Crippen LogP contribution in [0.4, 0.5) is 10.1 Å². The number of non-ortho nitro benzene ring substituents is 1. The molecule has 0 radical (unpaired) electrons. The highest BCUT2D eigenvalue weighted by Gasteiger charge is 2.10. The first kappa shape index (κ1) is 14.5. The number of nitro groups is 1. The number of aliphatic hydroxyl groups is 1. The van der Waals surface area contributed by atoms with E-state index in [1.807, 2.05) is 0 Å². The van der Waals surface area contributed by atoms with Gasteiger partial charge in [0.1, 0.15) is 5.82 Å². The van der Waals surface area contributed by atoms with Crippen LogP contribution < -0.4 is 0 Å². The molecule has 104 valence electrons. The number of hydrogen-bond donors (Lipinski definition) is 1. The minimum Gasteiger partial charge on any atom is -0.389 e. The van der Waals surface area contributed by atoms with Gasteiger partial charge in [-0.25, -0.2) is 4.39 Å². The van der Waals surface area contributed by atoms with E-state index < -0.39 is 16.8 Å². The van der Waals surface area contributed by atoms with Crippen LogP contribution in [0.2, 0.25) is 0 Å². The summed E-state index contributed by atoms with van der Waals surface area (Å²) in [6.07, 6.45) is -0.720. The van der Waals surface area contributed by atoms with Crippen molar-refractivity contribution in [3.05, 3.63) is 64.0 Å². The third kappa shape index (κ3) is 3.34. The molecule has 20 heavy (non-hydrogen) atoms. The molecule has 0 aliphatic rings. The minimum atomic E-state index is -0.720. The quantitative estimate of drug-likeness (QED) is 0.685. The molecular formula is C14H12FNO3S. The van der Waals surface area contributed by atoms with Crippen LogP contribution in [0.15, 0.2) is 52.3 Å². The molecule has 6 heteroatoms. The van der Waals surface area contributed by atoms with Gasteiger partial charge in [0, 0.05) is 21.9 Å². The Hall–Kier alpha value is -1.92. The molecule has 2 aromatic rings. The predicted octanol–water partition coefficient (Wildman–Crippen LogP) is 3.94.